The molecular weight excluding hydrogens is 360 g/mol. The summed E-state index contributed by atoms with van der Waals surface area (Å²) in [5.41, 5.74) is 3.51. The zero-order chi connectivity index (χ0) is 19.7. The first-order valence-corrected chi connectivity index (χ1v) is 11.0. The molecule has 5 nitrogen and oxygen atoms in total. The van der Waals surface area contributed by atoms with Crippen LogP contribution >= 0.6 is 0 Å². The van der Waals surface area contributed by atoms with Crippen LogP contribution in [0.15, 0.2) is 48.5 Å². The Balaban J connectivity index is 1.62. The quantitative estimate of drug-likeness (QED) is 0.823. The summed E-state index contributed by atoms with van der Waals surface area (Å²) in [7, 11) is -3.26. The highest BCUT2D eigenvalue weighted by atomic mass is 32.2. The van der Waals surface area contributed by atoms with E-state index in [1.165, 1.54) is 16.1 Å². The molecule has 0 atom stereocenters. The van der Waals surface area contributed by atoms with Gasteiger partial charge in [-0.25, -0.2) is 8.42 Å². The average molecular weight is 387 g/mol. The van der Waals surface area contributed by atoms with Crippen LogP contribution in [-0.2, 0) is 26.7 Å². The Kier molecular flexibility index (Phi) is 5.29. The molecular formula is C21H26N2O3S. The summed E-state index contributed by atoms with van der Waals surface area (Å²) >= 11 is 0. The van der Waals surface area contributed by atoms with Gasteiger partial charge in [-0.05, 0) is 47.6 Å². The first-order valence-electron chi connectivity index (χ1n) is 9.13. The topological polar surface area (TPSA) is 66.5 Å². The number of fused-ring (bicyclic) bond motifs is 1. The van der Waals surface area contributed by atoms with Crippen molar-refractivity contribution in [3.63, 3.8) is 0 Å². The number of sulfonamides is 1. The lowest BCUT2D eigenvalue weighted by atomic mass is 9.80. The zero-order valence-electron chi connectivity index (χ0n) is 16.0. The number of amides is 1. The Morgan fingerprint density at radius 1 is 1.15 bits per heavy atom. The molecule has 1 aliphatic rings. The summed E-state index contributed by atoms with van der Waals surface area (Å²) in [5, 5.41) is 2.94. The number of hydrogen-bond acceptors (Lipinski definition) is 3. The van der Waals surface area contributed by atoms with Crippen molar-refractivity contribution in [1.29, 1.82) is 0 Å². The fraction of sp³-hybridized carbons (Fsp3) is 0.381. The van der Waals surface area contributed by atoms with Gasteiger partial charge in [-0.2, -0.15) is 0 Å². The van der Waals surface area contributed by atoms with Gasteiger partial charge in [0, 0.05) is 18.7 Å². The van der Waals surface area contributed by atoms with E-state index in [4.69, 9.17) is 0 Å². The second kappa shape index (κ2) is 7.35. The third-order valence-electron chi connectivity index (χ3n) is 5.15. The van der Waals surface area contributed by atoms with E-state index in [-0.39, 0.29) is 11.3 Å². The van der Waals surface area contributed by atoms with Crippen molar-refractivity contribution in [1.82, 2.24) is 0 Å². The summed E-state index contributed by atoms with van der Waals surface area (Å²) < 4.78 is 25.0. The van der Waals surface area contributed by atoms with Crippen molar-refractivity contribution in [3.05, 3.63) is 59.7 Å². The summed E-state index contributed by atoms with van der Waals surface area (Å²) in [6, 6.07) is 15.6. The monoisotopic (exact) mass is 386 g/mol. The molecule has 0 spiro atoms. The van der Waals surface area contributed by atoms with E-state index in [2.05, 4.69) is 31.3 Å². The lowest BCUT2D eigenvalue weighted by Gasteiger charge is -2.25. The highest BCUT2D eigenvalue weighted by Crippen LogP contribution is 2.32. The molecule has 0 saturated heterocycles. The van der Waals surface area contributed by atoms with E-state index in [0.29, 0.717) is 30.8 Å². The maximum Gasteiger partial charge on any atom is 0.232 e. The largest absolute Gasteiger partial charge is 0.326 e. The van der Waals surface area contributed by atoms with Crippen LogP contribution in [0.3, 0.4) is 0 Å². The molecule has 0 aromatic heterocycles. The smallest absolute Gasteiger partial charge is 0.232 e. The molecule has 0 aliphatic carbocycles. The predicted molar refractivity (Wildman–Crippen MR) is 110 cm³/mol. The van der Waals surface area contributed by atoms with E-state index in [1.54, 1.807) is 12.1 Å². The number of carbonyl (C=O) groups excluding carboxylic acids is 1. The van der Waals surface area contributed by atoms with Crippen molar-refractivity contribution in [2.75, 3.05) is 22.4 Å². The van der Waals surface area contributed by atoms with Gasteiger partial charge in [-0.1, -0.05) is 44.2 Å². The van der Waals surface area contributed by atoms with Gasteiger partial charge >= 0.3 is 0 Å². The van der Waals surface area contributed by atoms with E-state index in [1.807, 2.05) is 24.3 Å². The summed E-state index contributed by atoms with van der Waals surface area (Å²) in [6.45, 7) is 4.74. The molecule has 6 heteroatoms. The lowest BCUT2D eigenvalue weighted by Crippen LogP contribution is -2.27. The van der Waals surface area contributed by atoms with Crippen LogP contribution in [-0.4, -0.2) is 27.1 Å². The van der Waals surface area contributed by atoms with Crippen LogP contribution in [0, 0.1) is 0 Å². The maximum atomic E-state index is 12.4. The molecule has 1 heterocycles. The first-order chi connectivity index (χ1) is 12.7. The van der Waals surface area contributed by atoms with Crippen molar-refractivity contribution in [3.8, 4) is 0 Å². The maximum absolute atomic E-state index is 12.4. The normalized spacial score (nSPS) is 14.1. The first kappa shape index (κ1) is 19.4. The average Bonchev–Trinajstić information content (AvgIpc) is 3.04. The summed E-state index contributed by atoms with van der Waals surface area (Å²) in [6.07, 6.45) is 3.05. The zero-order valence-corrected chi connectivity index (χ0v) is 16.8. The van der Waals surface area contributed by atoms with Gasteiger partial charge in [0.25, 0.3) is 0 Å². The fourth-order valence-corrected chi connectivity index (χ4v) is 4.44. The van der Waals surface area contributed by atoms with Crippen LogP contribution in [0.25, 0.3) is 0 Å². The van der Waals surface area contributed by atoms with E-state index in [0.717, 1.165) is 12.0 Å². The Labute approximate surface area is 161 Å². The molecule has 2 aromatic rings. The molecule has 2 aromatic carbocycles. The number of rotatable bonds is 6. The van der Waals surface area contributed by atoms with Gasteiger partial charge in [0.2, 0.25) is 15.9 Å². The minimum Gasteiger partial charge on any atom is -0.326 e. The van der Waals surface area contributed by atoms with E-state index < -0.39 is 10.0 Å². The van der Waals surface area contributed by atoms with Crippen LogP contribution < -0.4 is 9.62 Å². The molecule has 1 aliphatic heterocycles. The molecule has 0 unspecified atom stereocenters. The fourth-order valence-electron chi connectivity index (χ4n) is 3.48. The molecule has 0 saturated carbocycles. The highest BCUT2D eigenvalue weighted by molar-refractivity contribution is 7.92. The number of anilines is 2. The van der Waals surface area contributed by atoms with Gasteiger partial charge in [0.15, 0.2) is 0 Å². The van der Waals surface area contributed by atoms with Gasteiger partial charge in [-0.3, -0.25) is 9.10 Å². The molecule has 1 amide bonds. The predicted octanol–water partition coefficient (Wildman–Crippen LogP) is 3.71. The Hall–Kier alpha value is -2.34. The van der Waals surface area contributed by atoms with Gasteiger partial charge in [0.1, 0.15) is 0 Å². The van der Waals surface area contributed by atoms with Crippen LogP contribution in [0.5, 0.6) is 0 Å². The molecule has 0 bridgehead atoms. The van der Waals surface area contributed by atoms with Crippen molar-refractivity contribution >= 4 is 27.3 Å². The SMILES string of the molecule is CC(C)(CCC(=O)Nc1ccc2c(c1)CCN2S(C)(=O)=O)c1ccccc1. The highest BCUT2D eigenvalue weighted by Gasteiger charge is 2.26. The Morgan fingerprint density at radius 3 is 2.52 bits per heavy atom. The van der Waals surface area contributed by atoms with Crippen LogP contribution in [0.1, 0.15) is 37.8 Å². The second-order valence-electron chi connectivity index (χ2n) is 7.73. The number of nitrogens with zero attached hydrogens (tertiary/aromatic N) is 1. The van der Waals surface area contributed by atoms with E-state index in [9.17, 15) is 13.2 Å². The van der Waals surface area contributed by atoms with Gasteiger partial charge in [-0.15, -0.1) is 0 Å². The van der Waals surface area contributed by atoms with Crippen LogP contribution in [0.2, 0.25) is 0 Å². The Morgan fingerprint density at radius 2 is 1.85 bits per heavy atom. The molecule has 3 rings (SSSR count). The minimum absolute atomic E-state index is 0.0306. The minimum atomic E-state index is -3.26. The summed E-state index contributed by atoms with van der Waals surface area (Å²) in [5.74, 6) is -0.0306. The number of hydrogen-bond donors (Lipinski definition) is 1. The molecule has 0 fully saturated rings. The molecule has 0 radical (unpaired) electrons. The standard InChI is InChI=1S/C21H26N2O3S/c1-21(2,17-7-5-4-6-8-17)13-11-20(24)22-18-9-10-19-16(15-18)12-14-23(19)27(3,25)26/h4-10,15H,11-14H2,1-3H3,(H,22,24). The molecule has 1 N–H and O–H groups in total. The molecule has 27 heavy (non-hydrogen) atoms. The number of nitrogens with one attached hydrogen (secondary N) is 1. The second-order valence-corrected chi connectivity index (χ2v) is 9.63. The van der Waals surface area contributed by atoms with Crippen molar-refractivity contribution in [2.24, 2.45) is 0 Å². The van der Waals surface area contributed by atoms with Crippen LogP contribution in [0.4, 0.5) is 11.4 Å². The number of carbonyl (C=O) groups is 1. The van der Waals surface area contributed by atoms with Gasteiger partial charge < -0.3 is 5.32 Å². The Bertz CT molecular complexity index is 937. The van der Waals surface area contributed by atoms with Crippen molar-refractivity contribution in [2.45, 2.75) is 38.5 Å². The number of benzene rings is 2. The lowest BCUT2D eigenvalue weighted by molar-refractivity contribution is -0.116. The third-order valence-corrected chi connectivity index (χ3v) is 6.33. The van der Waals surface area contributed by atoms with Gasteiger partial charge in [0.05, 0.1) is 11.9 Å². The molecule has 144 valence electrons. The summed E-state index contributed by atoms with van der Waals surface area (Å²) in [4.78, 5) is 12.4. The van der Waals surface area contributed by atoms with E-state index >= 15 is 0 Å². The third kappa shape index (κ3) is 4.50. The van der Waals surface area contributed by atoms with Crippen molar-refractivity contribution < 1.29 is 13.2 Å².